The molecule has 2 heterocycles. The predicted octanol–water partition coefficient (Wildman–Crippen LogP) is 3.33. The zero-order valence-corrected chi connectivity index (χ0v) is 20.2. The topological polar surface area (TPSA) is 107 Å². The van der Waals surface area contributed by atoms with Crippen molar-refractivity contribution in [1.82, 2.24) is 29.9 Å². The van der Waals surface area contributed by atoms with E-state index in [2.05, 4.69) is 41.7 Å². The Balaban J connectivity index is 1.43. The maximum atomic E-state index is 13.8. The monoisotopic (exact) mass is 503 g/mol. The highest BCUT2D eigenvalue weighted by Crippen LogP contribution is 2.64. The number of anilines is 1. The highest BCUT2D eigenvalue weighted by molar-refractivity contribution is 9.10. The SMILES string of the molecule is CCCNC(=O)c1nn(CC)cc1NC(=O)C12CC3CC(C1)CC(n1cnc(Br)n1)(C3)C2. The molecule has 6 rings (SSSR count). The van der Waals surface area contributed by atoms with Crippen molar-refractivity contribution in [3.05, 3.63) is 23.0 Å². The number of aryl methyl sites for hydroxylation is 1. The summed E-state index contributed by atoms with van der Waals surface area (Å²) in [6.45, 7) is 5.17. The number of carbonyl (C=O) groups excluding carboxylic acids is 2. The van der Waals surface area contributed by atoms with E-state index in [1.807, 2.05) is 18.5 Å². The summed E-state index contributed by atoms with van der Waals surface area (Å²) in [6.07, 6.45) is 10.2. The molecule has 10 heteroatoms. The van der Waals surface area contributed by atoms with E-state index >= 15 is 0 Å². The lowest BCUT2D eigenvalue weighted by molar-refractivity contribution is -0.150. The van der Waals surface area contributed by atoms with Crippen molar-refractivity contribution in [2.45, 2.75) is 70.9 Å². The second kappa shape index (κ2) is 7.97. The van der Waals surface area contributed by atoms with Crippen LogP contribution in [-0.2, 0) is 16.9 Å². The fourth-order valence-electron chi connectivity index (χ4n) is 6.64. The average molecular weight is 504 g/mol. The summed E-state index contributed by atoms with van der Waals surface area (Å²) in [6, 6.07) is 0. The van der Waals surface area contributed by atoms with Crippen LogP contribution in [0, 0.1) is 17.3 Å². The third-order valence-electron chi connectivity index (χ3n) is 7.55. The largest absolute Gasteiger partial charge is 0.351 e. The molecule has 0 aromatic carbocycles. The van der Waals surface area contributed by atoms with Crippen molar-refractivity contribution in [2.75, 3.05) is 11.9 Å². The Morgan fingerprint density at radius 1 is 1.19 bits per heavy atom. The first-order valence-electron chi connectivity index (χ1n) is 11.6. The third-order valence-corrected chi connectivity index (χ3v) is 7.91. The number of hydrogen-bond donors (Lipinski definition) is 2. The van der Waals surface area contributed by atoms with Crippen LogP contribution in [0.5, 0.6) is 0 Å². The van der Waals surface area contributed by atoms with Gasteiger partial charge in [0.1, 0.15) is 6.33 Å². The molecule has 2 aromatic rings. The Bertz CT molecular complexity index is 1030. The molecule has 9 nitrogen and oxygen atoms in total. The molecule has 2 atom stereocenters. The molecule has 4 saturated carbocycles. The summed E-state index contributed by atoms with van der Waals surface area (Å²) in [4.78, 5) is 30.7. The van der Waals surface area contributed by atoms with Crippen LogP contribution in [-0.4, -0.2) is 42.9 Å². The third kappa shape index (κ3) is 3.56. The molecule has 0 aliphatic heterocycles. The summed E-state index contributed by atoms with van der Waals surface area (Å²) in [5.74, 6) is 0.783. The molecular weight excluding hydrogens is 474 g/mol. The van der Waals surface area contributed by atoms with Gasteiger partial charge in [-0.15, -0.1) is 5.10 Å². The minimum absolute atomic E-state index is 0.00958. The van der Waals surface area contributed by atoms with Gasteiger partial charge < -0.3 is 10.6 Å². The lowest BCUT2D eigenvalue weighted by atomic mass is 9.46. The van der Waals surface area contributed by atoms with Gasteiger partial charge in [-0.05, 0) is 79.6 Å². The van der Waals surface area contributed by atoms with Crippen LogP contribution in [0.15, 0.2) is 17.3 Å². The fourth-order valence-corrected chi connectivity index (χ4v) is 6.90. The number of nitrogens with one attached hydrogen (secondary N) is 2. The normalized spacial score (nSPS) is 30.5. The molecule has 4 fully saturated rings. The van der Waals surface area contributed by atoms with Gasteiger partial charge in [0.25, 0.3) is 5.91 Å². The summed E-state index contributed by atoms with van der Waals surface area (Å²) in [7, 11) is 0. The maximum absolute atomic E-state index is 13.8. The van der Waals surface area contributed by atoms with Gasteiger partial charge in [-0.2, -0.15) is 5.10 Å². The van der Waals surface area contributed by atoms with Gasteiger partial charge >= 0.3 is 0 Å². The molecule has 4 aliphatic rings. The second-order valence-electron chi connectivity index (χ2n) is 9.88. The maximum Gasteiger partial charge on any atom is 0.273 e. The van der Waals surface area contributed by atoms with Gasteiger partial charge in [0.05, 0.1) is 16.6 Å². The van der Waals surface area contributed by atoms with Gasteiger partial charge in [-0.1, -0.05) is 6.92 Å². The number of halogens is 1. The number of hydrogen-bond acceptors (Lipinski definition) is 5. The first-order chi connectivity index (χ1) is 15.4. The zero-order chi connectivity index (χ0) is 22.5. The highest BCUT2D eigenvalue weighted by Gasteiger charge is 2.61. The van der Waals surface area contributed by atoms with Crippen molar-refractivity contribution < 1.29 is 9.59 Å². The molecule has 2 N–H and O–H groups in total. The number of amides is 2. The van der Waals surface area contributed by atoms with Crippen LogP contribution < -0.4 is 10.6 Å². The molecule has 4 aliphatic carbocycles. The Morgan fingerprint density at radius 2 is 1.94 bits per heavy atom. The van der Waals surface area contributed by atoms with E-state index in [-0.39, 0.29) is 23.0 Å². The average Bonchev–Trinajstić information content (AvgIpc) is 3.37. The van der Waals surface area contributed by atoms with Crippen LogP contribution >= 0.6 is 15.9 Å². The molecule has 32 heavy (non-hydrogen) atoms. The van der Waals surface area contributed by atoms with E-state index in [9.17, 15) is 9.59 Å². The summed E-state index contributed by atoms with van der Waals surface area (Å²) in [5, 5.41) is 15.0. The van der Waals surface area contributed by atoms with E-state index in [4.69, 9.17) is 0 Å². The van der Waals surface area contributed by atoms with Crippen molar-refractivity contribution >= 4 is 33.4 Å². The van der Waals surface area contributed by atoms with E-state index in [1.54, 1.807) is 17.2 Å². The van der Waals surface area contributed by atoms with E-state index in [0.717, 1.165) is 38.5 Å². The quantitative estimate of drug-likeness (QED) is 0.602. The van der Waals surface area contributed by atoms with Gasteiger partial charge in [-0.25, -0.2) is 9.67 Å². The lowest BCUT2D eigenvalue weighted by Crippen LogP contribution is -2.60. The van der Waals surface area contributed by atoms with Gasteiger partial charge in [0.15, 0.2) is 5.69 Å². The standard InChI is InChI=1S/C22H30BrN7O2/c1-3-5-24-18(31)17-16(11-29(4-2)27-17)26-19(32)21-7-14-6-15(8-21)10-22(9-14,12-21)30-13-25-20(23)28-30/h11,13-15H,3-10,12H2,1-2H3,(H,24,31)(H,26,32). The number of aromatic nitrogens is 5. The number of rotatable bonds is 7. The molecule has 2 amide bonds. The molecule has 4 bridgehead atoms. The molecule has 0 spiro atoms. The summed E-state index contributed by atoms with van der Waals surface area (Å²) >= 11 is 3.38. The minimum Gasteiger partial charge on any atom is -0.351 e. The van der Waals surface area contributed by atoms with E-state index in [0.29, 0.717) is 35.3 Å². The van der Waals surface area contributed by atoms with Crippen molar-refractivity contribution in [2.24, 2.45) is 17.3 Å². The van der Waals surface area contributed by atoms with Crippen molar-refractivity contribution in [3.8, 4) is 0 Å². The second-order valence-corrected chi connectivity index (χ2v) is 10.6. The Hall–Kier alpha value is -2.23. The van der Waals surface area contributed by atoms with E-state index < -0.39 is 5.41 Å². The zero-order valence-electron chi connectivity index (χ0n) is 18.6. The van der Waals surface area contributed by atoms with Crippen LogP contribution in [0.4, 0.5) is 5.69 Å². The lowest BCUT2D eigenvalue weighted by Gasteiger charge is -2.60. The van der Waals surface area contributed by atoms with Gasteiger partial charge in [0, 0.05) is 19.3 Å². The fraction of sp³-hybridized carbons (Fsp3) is 0.682. The number of carbonyl (C=O) groups is 2. The highest BCUT2D eigenvalue weighted by atomic mass is 79.9. The Labute approximate surface area is 195 Å². The smallest absolute Gasteiger partial charge is 0.273 e. The van der Waals surface area contributed by atoms with Crippen molar-refractivity contribution in [1.29, 1.82) is 0 Å². The molecule has 172 valence electrons. The first-order valence-corrected chi connectivity index (χ1v) is 12.4. The molecular formula is C22H30BrN7O2. The Kier molecular flexibility index (Phi) is 5.38. The summed E-state index contributed by atoms with van der Waals surface area (Å²) < 4.78 is 4.28. The van der Waals surface area contributed by atoms with Gasteiger partial charge in [-0.3, -0.25) is 14.3 Å². The van der Waals surface area contributed by atoms with Crippen LogP contribution in [0.2, 0.25) is 0 Å². The van der Waals surface area contributed by atoms with Crippen LogP contribution in [0.1, 0.15) is 69.3 Å². The minimum atomic E-state index is -0.450. The number of nitrogens with zero attached hydrogens (tertiary/aromatic N) is 5. The molecule has 0 radical (unpaired) electrons. The predicted molar refractivity (Wildman–Crippen MR) is 122 cm³/mol. The summed E-state index contributed by atoms with van der Waals surface area (Å²) in [5.41, 5.74) is 0.177. The van der Waals surface area contributed by atoms with Crippen LogP contribution in [0.3, 0.4) is 0 Å². The molecule has 0 saturated heterocycles. The van der Waals surface area contributed by atoms with E-state index in [1.165, 1.54) is 6.42 Å². The molecule has 2 unspecified atom stereocenters. The Morgan fingerprint density at radius 3 is 2.56 bits per heavy atom. The molecule has 2 aromatic heterocycles. The van der Waals surface area contributed by atoms with Crippen molar-refractivity contribution in [3.63, 3.8) is 0 Å². The van der Waals surface area contributed by atoms with Crippen LogP contribution in [0.25, 0.3) is 0 Å². The first kappa shape index (κ1) is 21.6. The van der Waals surface area contributed by atoms with Gasteiger partial charge in [0.2, 0.25) is 10.6 Å².